The van der Waals surface area contributed by atoms with Crippen molar-refractivity contribution in [3.05, 3.63) is 81.4 Å². The van der Waals surface area contributed by atoms with E-state index in [4.69, 9.17) is 27.9 Å². The molecule has 244 valence electrons. The second-order valence-electron chi connectivity index (χ2n) is 14.3. The largest absolute Gasteiger partial charge is 0.354 e. The maximum absolute atomic E-state index is 8.56. The molecule has 0 amide bonds. The Labute approximate surface area is 283 Å². The molecule has 4 aliphatic rings. The Morgan fingerprint density at radius 1 is 0.756 bits per heavy atom. The maximum atomic E-state index is 8.56. The summed E-state index contributed by atoms with van der Waals surface area (Å²) in [4.78, 5) is 4.88. The number of rotatable bonds is 7. The molecule has 0 spiro atoms. The maximum Gasteiger partial charge on any atom is 0.124 e. The SMILES string of the molecule is CCOC=P(C1CCCC1)(C1CCCC1)C1(Cl)CCC(Cl)C1=C1N(c2c(C)cc(C)cc2C)C=CN1c1c(C)cc(C)cc1C. The molecule has 3 fully saturated rings. The smallest absolute Gasteiger partial charge is 0.124 e. The van der Waals surface area contributed by atoms with Crippen LogP contribution in [-0.4, -0.2) is 33.9 Å². The van der Waals surface area contributed by atoms with E-state index in [1.165, 1.54) is 102 Å². The monoisotopic (exact) mass is 666 g/mol. The summed E-state index contributed by atoms with van der Waals surface area (Å²) in [6.07, 6.45) is 16.6. The number of hydrogen-bond donors (Lipinski definition) is 0. The first-order chi connectivity index (χ1) is 21.5. The van der Waals surface area contributed by atoms with E-state index in [-0.39, 0.29) is 5.38 Å². The summed E-state index contributed by atoms with van der Waals surface area (Å²) in [5.41, 5.74) is 12.6. The molecule has 2 aromatic carbocycles. The van der Waals surface area contributed by atoms with Crippen LogP contribution in [-0.2, 0) is 4.74 Å². The first-order valence-corrected chi connectivity index (χ1v) is 20.2. The van der Waals surface area contributed by atoms with E-state index in [0.29, 0.717) is 17.9 Å². The van der Waals surface area contributed by atoms with Crippen molar-refractivity contribution < 1.29 is 4.74 Å². The van der Waals surface area contributed by atoms with Gasteiger partial charge in [0.2, 0.25) is 0 Å². The highest BCUT2D eigenvalue weighted by Crippen LogP contribution is 2.79. The minimum absolute atomic E-state index is 0.142. The molecule has 0 aromatic heterocycles. The minimum Gasteiger partial charge on any atom is -0.354 e. The van der Waals surface area contributed by atoms with E-state index in [2.05, 4.69) is 101 Å². The number of halogens is 2. The van der Waals surface area contributed by atoms with Crippen LogP contribution in [0.3, 0.4) is 0 Å². The number of hydrogen-bond acceptors (Lipinski definition) is 3. The fourth-order valence-corrected chi connectivity index (χ4v) is 17.7. The second kappa shape index (κ2) is 13.1. The quantitative estimate of drug-likeness (QED) is 0.216. The standard InChI is InChI=1S/C39H53Cl2N2OP/c1-8-44-25-45(32-13-9-10-14-32,33-15-11-12-16-33)39(41)18-17-34(40)35(39)38-42(36-28(4)21-26(2)22-29(36)5)19-20-43(38)37-30(6)23-27(3)24-31(37)7/h19-25,32-34H,8-18H2,1-7H3. The molecule has 0 radical (unpaired) electrons. The van der Waals surface area contributed by atoms with Gasteiger partial charge in [0.25, 0.3) is 0 Å². The van der Waals surface area contributed by atoms with E-state index in [1.54, 1.807) is 0 Å². The van der Waals surface area contributed by atoms with Crippen molar-refractivity contribution in [2.24, 2.45) is 0 Å². The molecule has 1 heterocycles. The van der Waals surface area contributed by atoms with Crippen molar-refractivity contribution in [2.45, 2.75) is 134 Å². The van der Waals surface area contributed by atoms with Crippen LogP contribution in [0.4, 0.5) is 11.4 Å². The third-order valence-electron chi connectivity index (χ3n) is 11.2. The van der Waals surface area contributed by atoms with E-state index in [1.807, 2.05) is 0 Å². The fraction of sp³-hybridized carbons (Fsp3) is 0.564. The molecule has 3 nitrogen and oxygen atoms in total. The van der Waals surface area contributed by atoms with Crippen molar-refractivity contribution in [1.29, 1.82) is 0 Å². The third kappa shape index (κ3) is 5.56. The molecule has 1 aliphatic heterocycles. The summed E-state index contributed by atoms with van der Waals surface area (Å²) >= 11 is 16.2. The lowest BCUT2D eigenvalue weighted by Crippen LogP contribution is -2.38. The zero-order valence-corrected chi connectivity index (χ0v) is 31.0. The highest BCUT2D eigenvalue weighted by molar-refractivity contribution is 7.79. The lowest BCUT2D eigenvalue weighted by atomic mass is 10.0. The van der Waals surface area contributed by atoms with E-state index in [0.717, 1.165) is 18.7 Å². The van der Waals surface area contributed by atoms with Gasteiger partial charge < -0.3 is 14.5 Å². The van der Waals surface area contributed by atoms with Crippen LogP contribution in [0.1, 0.15) is 105 Å². The average Bonchev–Trinajstić information content (AvgIpc) is 3.79. The lowest BCUT2D eigenvalue weighted by Gasteiger charge is -2.49. The van der Waals surface area contributed by atoms with Gasteiger partial charge in [0.05, 0.1) is 21.4 Å². The Kier molecular flexibility index (Phi) is 9.69. The molecular formula is C39H53Cl2N2OP. The summed E-state index contributed by atoms with van der Waals surface area (Å²) in [6, 6.07) is 9.23. The first-order valence-electron chi connectivity index (χ1n) is 17.4. The molecular weight excluding hydrogens is 614 g/mol. The van der Waals surface area contributed by atoms with Gasteiger partial charge in [0.15, 0.2) is 0 Å². The summed E-state index contributed by atoms with van der Waals surface area (Å²) in [5.74, 6) is 3.53. The molecule has 3 saturated carbocycles. The molecule has 6 rings (SSSR count). The van der Waals surface area contributed by atoms with Gasteiger partial charge >= 0.3 is 0 Å². The van der Waals surface area contributed by atoms with Crippen molar-refractivity contribution in [1.82, 2.24) is 0 Å². The predicted octanol–water partition coefficient (Wildman–Crippen LogP) is 11.6. The molecule has 6 heteroatoms. The van der Waals surface area contributed by atoms with E-state index in [9.17, 15) is 0 Å². The number of alkyl halides is 2. The molecule has 2 aromatic rings. The molecule has 3 aliphatic carbocycles. The normalized spacial score (nSPS) is 24.6. The van der Waals surface area contributed by atoms with Crippen molar-refractivity contribution in [3.8, 4) is 0 Å². The van der Waals surface area contributed by atoms with Gasteiger partial charge in [-0.3, -0.25) is 0 Å². The van der Waals surface area contributed by atoms with Crippen LogP contribution < -0.4 is 9.80 Å². The van der Waals surface area contributed by atoms with E-state index < -0.39 is 11.5 Å². The molecule has 0 N–H and O–H groups in total. The lowest BCUT2D eigenvalue weighted by molar-refractivity contribution is 0.350. The second-order valence-corrected chi connectivity index (χ2v) is 19.8. The van der Waals surface area contributed by atoms with E-state index >= 15 is 0 Å². The van der Waals surface area contributed by atoms with Crippen LogP contribution in [0.15, 0.2) is 48.1 Å². The average molecular weight is 668 g/mol. The highest BCUT2D eigenvalue weighted by Gasteiger charge is 2.59. The van der Waals surface area contributed by atoms with Crippen LogP contribution in [0, 0.1) is 41.5 Å². The van der Waals surface area contributed by atoms with Gasteiger partial charge in [-0.1, -0.05) is 68.0 Å². The summed E-state index contributed by atoms with van der Waals surface area (Å²) in [7, 11) is 0. The van der Waals surface area contributed by atoms with Crippen molar-refractivity contribution >= 4 is 47.4 Å². The number of aryl methyl sites for hydroxylation is 6. The Balaban J connectivity index is 1.68. The Bertz CT molecular complexity index is 1430. The Hall–Kier alpha value is -1.64. The minimum atomic E-state index is -2.02. The fourth-order valence-electron chi connectivity index (χ4n) is 9.66. The van der Waals surface area contributed by atoms with Gasteiger partial charge in [-0.25, -0.2) is 0 Å². The first kappa shape index (κ1) is 33.3. The Morgan fingerprint density at radius 2 is 1.18 bits per heavy atom. The summed E-state index contributed by atoms with van der Waals surface area (Å²) in [5, 5.41) is -0.142. The van der Waals surface area contributed by atoms with Gasteiger partial charge in [-0.05, 0) is 121 Å². The molecule has 0 saturated heterocycles. The number of benzene rings is 2. The topological polar surface area (TPSA) is 15.7 Å². The number of nitrogens with zero attached hydrogens (tertiary/aromatic N) is 2. The van der Waals surface area contributed by atoms with Gasteiger partial charge in [0, 0.05) is 30.6 Å². The van der Waals surface area contributed by atoms with Gasteiger partial charge in [-0.2, -0.15) is 0 Å². The van der Waals surface area contributed by atoms with Crippen LogP contribution >= 0.6 is 30.1 Å². The van der Waals surface area contributed by atoms with Gasteiger partial charge in [0.1, 0.15) is 5.82 Å². The number of ether oxygens (including phenoxy) is 1. The molecule has 45 heavy (non-hydrogen) atoms. The predicted molar refractivity (Wildman–Crippen MR) is 199 cm³/mol. The zero-order chi connectivity index (χ0) is 32.1. The molecule has 0 bridgehead atoms. The highest BCUT2D eigenvalue weighted by atomic mass is 35.5. The van der Waals surface area contributed by atoms with Crippen molar-refractivity contribution in [2.75, 3.05) is 16.4 Å². The van der Waals surface area contributed by atoms with Crippen LogP contribution in [0.25, 0.3) is 0 Å². The Morgan fingerprint density at radius 3 is 1.58 bits per heavy atom. The molecule has 2 atom stereocenters. The summed E-state index contributed by atoms with van der Waals surface area (Å²) in [6.45, 7) is 14.2. The van der Waals surface area contributed by atoms with Crippen molar-refractivity contribution in [3.63, 3.8) is 0 Å². The zero-order valence-electron chi connectivity index (χ0n) is 28.6. The number of allylic oxidation sites excluding steroid dienone is 1. The van der Waals surface area contributed by atoms with Gasteiger partial charge in [-0.15, -0.1) is 23.2 Å². The van der Waals surface area contributed by atoms with Crippen LogP contribution in [0.5, 0.6) is 0 Å². The van der Waals surface area contributed by atoms with Crippen LogP contribution in [0.2, 0.25) is 0 Å². The number of anilines is 2. The third-order valence-corrected chi connectivity index (χ3v) is 18.5. The summed E-state index contributed by atoms with van der Waals surface area (Å²) < 4.78 is 5.96. The molecule has 2 unspecified atom stereocenters.